The molecule has 29 heavy (non-hydrogen) atoms. The third-order valence-electron chi connectivity index (χ3n) is 4.84. The number of fused-ring (bicyclic) bond motifs is 1. The Hall–Kier alpha value is -3.48. The van der Waals surface area contributed by atoms with E-state index in [0.717, 1.165) is 11.0 Å². The van der Waals surface area contributed by atoms with E-state index in [2.05, 4.69) is 5.32 Å². The summed E-state index contributed by atoms with van der Waals surface area (Å²) in [6.45, 7) is 5.52. The fraction of sp³-hybridized carbons (Fsp3) is 0.273. The fourth-order valence-corrected chi connectivity index (χ4v) is 3.24. The first-order valence-electron chi connectivity index (χ1n) is 9.52. The van der Waals surface area contributed by atoms with Crippen LogP contribution in [0.3, 0.4) is 0 Å². The molecule has 1 unspecified atom stereocenters. The summed E-state index contributed by atoms with van der Waals surface area (Å²) in [5.41, 5.74) is 0.140. The summed E-state index contributed by atoms with van der Waals surface area (Å²) >= 11 is 0. The molecule has 0 bridgehead atoms. The van der Waals surface area contributed by atoms with Crippen molar-refractivity contribution in [2.24, 2.45) is 0 Å². The van der Waals surface area contributed by atoms with E-state index in [9.17, 15) is 19.2 Å². The van der Waals surface area contributed by atoms with Gasteiger partial charge in [0.15, 0.2) is 5.78 Å². The van der Waals surface area contributed by atoms with Crippen molar-refractivity contribution in [1.82, 2.24) is 14.5 Å². The van der Waals surface area contributed by atoms with Crippen LogP contribution in [0.15, 0.2) is 58.1 Å². The van der Waals surface area contributed by atoms with Gasteiger partial charge in [0.05, 0.1) is 16.6 Å². The Balaban J connectivity index is 2.27. The summed E-state index contributed by atoms with van der Waals surface area (Å²) in [5, 5.41) is 3.12. The van der Waals surface area contributed by atoms with Crippen LogP contribution in [0.4, 0.5) is 0 Å². The summed E-state index contributed by atoms with van der Waals surface area (Å²) in [4.78, 5) is 50.5. The molecule has 150 valence electrons. The first-order valence-corrected chi connectivity index (χ1v) is 9.52. The van der Waals surface area contributed by atoms with Gasteiger partial charge in [0, 0.05) is 12.1 Å². The molecule has 1 heterocycles. The summed E-state index contributed by atoms with van der Waals surface area (Å²) in [6.07, 6.45) is 0.774. The van der Waals surface area contributed by atoms with Crippen molar-refractivity contribution in [2.75, 3.05) is 6.54 Å². The van der Waals surface area contributed by atoms with Crippen LogP contribution in [0.25, 0.3) is 16.6 Å². The van der Waals surface area contributed by atoms with E-state index in [1.165, 1.54) is 11.5 Å². The second kappa shape index (κ2) is 8.26. The van der Waals surface area contributed by atoms with Gasteiger partial charge < -0.3 is 5.32 Å². The maximum Gasteiger partial charge on any atom is 0.336 e. The van der Waals surface area contributed by atoms with Crippen LogP contribution < -0.4 is 16.6 Å². The summed E-state index contributed by atoms with van der Waals surface area (Å²) in [7, 11) is 0. The van der Waals surface area contributed by atoms with Gasteiger partial charge >= 0.3 is 5.69 Å². The number of rotatable bonds is 6. The van der Waals surface area contributed by atoms with Crippen molar-refractivity contribution in [1.29, 1.82) is 0 Å². The molecule has 2 aromatic carbocycles. The van der Waals surface area contributed by atoms with Crippen molar-refractivity contribution in [2.45, 2.75) is 33.2 Å². The van der Waals surface area contributed by atoms with Gasteiger partial charge in [0.2, 0.25) is 5.91 Å². The van der Waals surface area contributed by atoms with E-state index in [0.29, 0.717) is 28.7 Å². The second-order valence-electron chi connectivity index (χ2n) is 6.88. The van der Waals surface area contributed by atoms with Gasteiger partial charge in [-0.1, -0.05) is 19.1 Å². The number of ketones is 1. The van der Waals surface area contributed by atoms with Gasteiger partial charge in [-0.3, -0.25) is 19.0 Å². The lowest BCUT2D eigenvalue weighted by Gasteiger charge is -2.19. The van der Waals surface area contributed by atoms with Gasteiger partial charge in [-0.25, -0.2) is 9.36 Å². The highest BCUT2D eigenvalue weighted by molar-refractivity contribution is 5.94. The number of Topliss-reactive ketones (excluding diaryl/α,β-unsaturated/α-hetero) is 1. The third-order valence-corrected chi connectivity index (χ3v) is 4.84. The highest BCUT2D eigenvalue weighted by atomic mass is 16.2. The van der Waals surface area contributed by atoms with Crippen LogP contribution >= 0.6 is 0 Å². The van der Waals surface area contributed by atoms with Gasteiger partial charge in [-0.05, 0) is 56.7 Å². The lowest BCUT2D eigenvalue weighted by molar-refractivity contribution is -0.123. The Morgan fingerprint density at radius 1 is 1.03 bits per heavy atom. The number of benzene rings is 2. The smallest absolute Gasteiger partial charge is 0.336 e. The Bertz CT molecular complexity index is 1190. The zero-order valence-corrected chi connectivity index (χ0v) is 16.6. The van der Waals surface area contributed by atoms with Crippen LogP contribution in [-0.2, 0) is 4.79 Å². The quantitative estimate of drug-likeness (QED) is 0.652. The number of para-hydroxylation sites is 1. The van der Waals surface area contributed by atoms with Crippen molar-refractivity contribution in [3.63, 3.8) is 0 Å². The lowest BCUT2D eigenvalue weighted by Crippen LogP contribution is -2.43. The zero-order valence-electron chi connectivity index (χ0n) is 16.6. The first kappa shape index (κ1) is 20.3. The molecule has 1 N–H and O–H groups in total. The molecule has 3 rings (SSSR count). The van der Waals surface area contributed by atoms with Gasteiger partial charge in [-0.2, -0.15) is 0 Å². The van der Waals surface area contributed by atoms with E-state index in [1.54, 1.807) is 55.5 Å². The van der Waals surface area contributed by atoms with Crippen molar-refractivity contribution >= 4 is 22.6 Å². The van der Waals surface area contributed by atoms with E-state index >= 15 is 0 Å². The van der Waals surface area contributed by atoms with Gasteiger partial charge in [-0.15, -0.1) is 0 Å². The average Bonchev–Trinajstić information content (AvgIpc) is 2.72. The van der Waals surface area contributed by atoms with Crippen molar-refractivity contribution in [3.8, 4) is 5.69 Å². The van der Waals surface area contributed by atoms with Crippen LogP contribution in [0.2, 0.25) is 0 Å². The Kier molecular flexibility index (Phi) is 5.77. The number of aromatic nitrogens is 2. The van der Waals surface area contributed by atoms with Crippen LogP contribution in [0.5, 0.6) is 0 Å². The molecule has 0 saturated carbocycles. The molecule has 7 heteroatoms. The van der Waals surface area contributed by atoms with Gasteiger partial charge in [0.25, 0.3) is 5.56 Å². The number of hydrogen-bond donors (Lipinski definition) is 1. The van der Waals surface area contributed by atoms with Gasteiger partial charge in [0.1, 0.15) is 6.04 Å². The largest absolute Gasteiger partial charge is 0.354 e. The fourth-order valence-electron chi connectivity index (χ4n) is 3.24. The molecule has 7 nitrogen and oxygen atoms in total. The molecule has 0 saturated heterocycles. The molecule has 0 aliphatic rings. The Morgan fingerprint density at radius 3 is 2.31 bits per heavy atom. The van der Waals surface area contributed by atoms with Crippen LogP contribution in [0.1, 0.15) is 43.6 Å². The number of hydrogen-bond acceptors (Lipinski definition) is 4. The maximum atomic E-state index is 13.3. The Morgan fingerprint density at radius 2 is 1.69 bits per heavy atom. The van der Waals surface area contributed by atoms with Crippen LogP contribution in [-0.4, -0.2) is 27.4 Å². The predicted molar refractivity (Wildman–Crippen MR) is 112 cm³/mol. The topological polar surface area (TPSA) is 90.2 Å². The summed E-state index contributed by atoms with van der Waals surface area (Å²) in [6, 6.07) is 12.2. The minimum atomic E-state index is -0.803. The van der Waals surface area contributed by atoms with Crippen molar-refractivity contribution < 1.29 is 9.59 Å². The van der Waals surface area contributed by atoms with Crippen molar-refractivity contribution in [3.05, 3.63) is 74.9 Å². The monoisotopic (exact) mass is 393 g/mol. The number of carbonyl (C=O) groups excluding carboxylic acids is 2. The second-order valence-corrected chi connectivity index (χ2v) is 6.88. The number of nitrogens with zero attached hydrogens (tertiary/aromatic N) is 2. The molecule has 1 aromatic heterocycles. The molecule has 3 aromatic rings. The molecule has 0 radical (unpaired) electrons. The molecule has 0 fully saturated rings. The SMILES string of the molecule is CCCNC(=O)C(C)n1c(=O)n(-c2ccc(C(C)=O)cc2)c(=O)c2ccccc21. The highest BCUT2D eigenvalue weighted by Crippen LogP contribution is 2.15. The third kappa shape index (κ3) is 3.76. The standard InChI is InChI=1S/C22H23N3O4/c1-4-13-23-20(27)14(2)24-19-8-6-5-7-18(19)21(28)25(22(24)29)17-11-9-16(10-12-17)15(3)26/h5-12,14H,4,13H2,1-3H3,(H,23,27). The number of amides is 1. The lowest BCUT2D eigenvalue weighted by atomic mass is 10.1. The van der Waals surface area contributed by atoms with Crippen LogP contribution in [0, 0.1) is 0 Å². The van der Waals surface area contributed by atoms with E-state index < -0.39 is 17.3 Å². The summed E-state index contributed by atoms with van der Waals surface area (Å²) < 4.78 is 2.37. The molecule has 0 spiro atoms. The Labute approximate surface area is 167 Å². The minimum Gasteiger partial charge on any atom is -0.354 e. The zero-order chi connectivity index (χ0) is 21.1. The average molecular weight is 393 g/mol. The summed E-state index contributed by atoms with van der Waals surface area (Å²) in [5.74, 6) is -0.405. The normalized spacial score (nSPS) is 12.0. The molecular weight excluding hydrogens is 370 g/mol. The van der Waals surface area contributed by atoms with E-state index in [1.807, 2.05) is 6.92 Å². The van der Waals surface area contributed by atoms with E-state index in [4.69, 9.17) is 0 Å². The molecule has 1 atom stereocenters. The van der Waals surface area contributed by atoms with E-state index in [-0.39, 0.29) is 11.7 Å². The first-order chi connectivity index (χ1) is 13.9. The number of nitrogens with one attached hydrogen (secondary N) is 1. The highest BCUT2D eigenvalue weighted by Gasteiger charge is 2.22. The molecule has 0 aliphatic heterocycles. The maximum absolute atomic E-state index is 13.3. The molecule has 0 aliphatic carbocycles. The molecule has 1 amide bonds. The predicted octanol–water partition coefficient (Wildman–Crippen LogP) is 2.44. The number of carbonyl (C=O) groups is 2. The minimum absolute atomic E-state index is 0.110. The molecular formula is C22H23N3O4.